The minimum absolute atomic E-state index is 0.0523. The van der Waals surface area contributed by atoms with Gasteiger partial charge in [0.05, 0.1) is 23.5 Å². The Kier molecular flexibility index (Phi) is 6.70. The highest BCUT2D eigenvalue weighted by Crippen LogP contribution is 2.37. The summed E-state index contributed by atoms with van der Waals surface area (Å²) in [6.45, 7) is 0.0523. The van der Waals surface area contributed by atoms with E-state index in [1.807, 2.05) is 0 Å². The second-order valence-electron chi connectivity index (χ2n) is 5.94. The maximum atomic E-state index is 13.7. The number of benzene rings is 2. The molecule has 1 aromatic heterocycles. The number of thioether (sulfide) groups is 1. The molecule has 5 nitrogen and oxygen atoms in total. The number of halogens is 4. The molecule has 1 N–H and O–H groups in total. The minimum Gasteiger partial charge on any atom is -0.344 e. The van der Waals surface area contributed by atoms with Gasteiger partial charge in [0.15, 0.2) is 11.0 Å². The fraction of sp³-hybridized carbons (Fsp3) is 0.150. The number of terminal acetylenes is 1. The molecule has 10 heteroatoms. The monoisotopic (exact) mass is 450 g/mol. The van der Waals surface area contributed by atoms with E-state index in [2.05, 4.69) is 21.4 Å². The van der Waals surface area contributed by atoms with E-state index in [9.17, 15) is 18.0 Å². The van der Waals surface area contributed by atoms with E-state index >= 15 is 0 Å². The number of carbonyl (C=O) groups excluding carboxylic acids is 1. The highest BCUT2D eigenvalue weighted by Gasteiger charge is 2.35. The van der Waals surface area contributed by atoms with E-state index in [1.54, 1.807) is 24.3 Å². The first kappa shape index (κ1) is 21.7. The Balaban J connectivity index is 2.10. The van der Waals surface area contributed by atoms with Crippen LogP contribution in [-0.2, 0) is 11.0 Å². The molecule has 30 heavy (non-hydrogen) atoms. The van der Waals surface area contributed by atoms with Gasteiger partial charge in [0.1, 0.15) is 0 Å². The van der Waals surface area contributed by atoms with Crippen molar-refractivity contribution in [1.29, 1.82) is 0 Å². The first-order valence-electron chi connectivity index (χ1n) is 8.52. The SMILES string of the molecule is C#CCNC(=O)CSc1nnc(-c2cccc(Cl)c2)n1-c1ccccc1C(F)(F)F. The normalized spacial score (nSPS) is 11.2. The molecule has 0 aliphatic carbocycles. The van der Waals surface area contributed by atoms with Crippen LogP contribution in [0.1, 0.15) is 5.56 Å². The lowest BCUT2D eigenvalue weighted by Gasteiger charge is -2.16. The standard InChI is InChI=1S/C20H14ClF3N4OS/c1-2-10-25-17(29)12-30-19-27-26-18(13-6-5-7-14(21)11-13)28(19)16-9-4-3-8-15(16)20(22,23)24/h1,3-9,11H,10,12H2,(H,25,29). The molecule has 0 saturated carbocycles. The lowest BCUT2D eigenvalue weighted by atomic mass is 10.1. The Labute approximate surface area is 179 Å². The molecule has 3 aromatic rings. The van der Waals surface area contributed by atoms with Gasteiger partial charge in [-0.1, -0.05) is 53.5 Å². The average molecular weight is 451 g/mol. The molecule has 0 unspecified atom stereocenters. The van der Waals surface area contributed by atoms with Crippen molar-refractivity contribution in [2.75, 3.05) is 12.3 Å². The van der Waals surface area contributed by atoms with Crippen LogP contribution in [0.5, 0.6) is 0 Å². The largest absolute Gasteiger partial charge is 0.418 e. The van der Waals surface area contributed by atoms with E-state index in [1.165, 1.54) is 22.8 Å². The Morgan fingerprint density at radius 1 is 1.20 bits per heavy atom. The van der Waals surface area contributed by atoms with Gasteiger partial charge in [0.25, 0.3) is 0 Å². The van der Waals surface area contributed by atoms with Crippen LogP contribution >= 0.6 is 23.4 Å². The van der Waals surface area contributed by atoms with Gasteiger partial charge in [-0.15, -0.1) is 16.6 Å². The Bertz CT molecular complexity index is 1110. The maximum Gasteiger partial charge on any atom is 0.418 e. The van der Waals surface area contributed by atoms with Crippen LogP contribution < -0.4 is 5.32 Å². The van der Waals surface area contributed by atoms with Crippen molar-refractivity contribution >= 4 is 29.3 Å². The molecule has 0 atom stereocenters. The molecule has 0 aliphatic heterocycles. The second kappa shape index (κ2) is 9.24. The molecule has 1 heterocycles. The van der Waals surface area contributed by atoms with Crippen molar-refractivity contribution in [2.45, 2.75) is 11.3 Å². The minimum atomic E-state index is -4.60. The van der Waals surface area contributed by atoms with Crippen molar-refractivity contribution in [2.24, 2.45) is 0 Å². The van der Waals surface area contributed by atoms with E-state index in [-0.39, 0.29) is 34.9 Å². The molecule has 0 saturated heterocycles. The topological polar surface area (TPSA) is 59.8 Å². The zero-order valence-electron chi connectivity index (χ0n) is 15.3. The molecule has 1 amide bonds. The molecular weight excluding hydrogens is 437 g/mol. The van der Waals surface area contributed by atoms with Gasteiger partial charge >= 0.3 is 6.18 Å². The predicted molar refractivity (Wildman–Crippen MR) is 109 cm³/mol. The van der Waals surface area contributed by atoms with E-state index in [0.29, 0.717) is 10.6 Å². The molecule has 0 radical (unpaired) electrons. The Morgan fingerprint density at radius 2 is 1.97 bits per heavy atom. The number of nitrogens with one attached hydrogen (secondary N) is 1. The third-order valence-electron chi connectivity index (χ3n) is 3.89. The van der Waals surface area contributed by atoms with Crippen LogP contribution in [0, 0.1) is 12.3 Å². The van der Waals surface area contributed by atoms with Crippen molar-refractivity contribution in [3.05, 3.63) is 59.1 Å². The lowest BCUT2D eigenvalue weighted by Crippen LogP contribution is -2.25. The number of rotatable bonds is 6. The van der Waals surface area contributed by atoms with Crippen LogP contribution in [0.2, 0.25) is 5.02 Å². The number of alkyl halides is 3. The zero-order chi connectivity index (χ0) is 21.7. The van der Waals surface area contributed by atoms with Crippen LogP contribution in [-0.4, -0.2) is 33.0 Å². The summed E-state index contributed by atoms with van der Waals surface area (Å²) in [5.41, 5.74) is -0.529. The van der Waals surface area contributed by atoms with Crippen LogP contribution in [0.15, 0.2) is 53.7 Å². The van der Waals surface area contributed by atoms with Gasteiger partial charge in [0.2, 0.25) is 5.91 Å². The number of nitrogens with zero attached hydrogens (tertiary/aromatic N) is 3. The quantitative estimate of drug-likeness (QED) is 0.445. The molecule has 3 rings (SSSR count). The summed E-state index contributed by atoms with van der Waals surface area (Å²) in [6.07, 6.45) is 0.508. The average Bonchev–Trinajstić information content (AvgIpc) is 3.14. The Morgan fingerprint density at radius 3 is 2.67 bits per heavy atom. The van der Waals surface area contributed by atoms with Gasteiger partial charge in [-0.2, -0.15) is 13.2 Å². The summed E-state index contributed by atoms with van der Waals surface area (Å²) in [5, 5.41) is 11.1. The first-order chi connectivity index (χ1) is 14.3. The highest BCUT2D eigenvalue weighted by atomic mass is 35.5. The number of hydrogen-bond donors (Lipinski definition) is 1. The third kappa shape index (κ3) is 4.96. The Hall–Kier alpha value is -2.96. The van der Waals surface area contributed by atoms with E-state index in [0.717, 1.165) is 17.8 Å². The molecule has 0 spiro atoms. The van der Waals surface area contributed by atoms with Gasteiger partial charge in [-0.05, 0) is 24.3 Å². The summed E-state index contributed by atoms with van der Waals surface area (Å²) < 4.78 is 42.2. The smallest absolute Gasteiger partial charge is 0.344 e. The number of para-hydroxylation sites is 1. The zero-order valence-corrected chi connectivity index (χ0v) is 16.9. The van der Waals surface area contributed by atoms with Gasteiger partial charge in [-0.3, -0.25) is 9.36 Å². The van der Waals surface area contributed by atoms with Crippen LogP contribution in [0.3, 0.4) is 0 Å². The molecular formula is C20H14ClF3N4OS. The number of hydrogen-bond acceptors (Lipinski definition) is 4. The molecule has 0 aliphatic rings. The van der Waals surface area contributed by atoms with Crippen molar-refractivity contribution in [3.8, 4) is 29.4 Å². The summed E-state index contributed by atoms with van der Waals surface area (Å²) >= 11 is 6.99. The number of carbonyl (C=O) groups is 1. The van der Waals surface area contributed by atoms with E-state index in [4.69, 9.17) is 18.0 Å². The molecule has 154 valence electrons. The number of amides is 1. The molecule has 0 fully saturated rings. The summed E-state index contributed by atoms with van der Waals surface area (Å²) in [7, 11) is 0. The van der Waals surface area contributed by atoms with Gasteiger partial charge in [-0.25, -0.2) is 0 Å². The highest BCUT2D eigenvalue weighted by molar-refractivity contribution is 7.99. The van der Waals surface area contributed by atoms with Crippen molar-refractivity contribution < 1.29 is 18.0 Å². The predicted octanol–water partition coefficient (Wildman–Crippen LogP) is 4.45. The lowest BCUT2D eigenvalue weighted by molar-refractivity contribution is -0.137. The first-order valence-corrected chi connectivity index (χ1v) is 9.88. The van der Waals surface area contributed by atoms with Crippen molar-refractivity contribution in [3.63, 3.8) is 0 Å². The number of aromatic nitrogens is 3. The van der Waals surface area contributed by atoms with E-state index < -0.39 is 11.7 Å². The van der Waals surface area contributed by atoms with Crippen molar-refractivity contribution in [1.82, 2.24) is 20.1 Å². The van der Waals surface area contributed by atoms with Crippen LogP contribution in [0.4, 0.5) is 13.2 Å². The third-order valence-corrected chi connectivity index (χ3v) is 5.05. The fourth-order valence-electron chi connectivity index (χ4n) is 2.63. The maximum absolute atomic E-state index is 13.7. The summed E-state index contributed by atoms with van der Waals surface area (Å²) in [6, 6.07) is 11.6. The fourth-order valence-corrected chi connectivity index (χ4v) is 3.60. The summed E-state index contributed by atoms with van der Waals surface area (Å²) in [4.78, 5) is 11.9. The summed E-state index contributed by atoms with van der Waals surface area (Å²) in [5.74, 6) is 1.98. The second-order valence-corrected chi connectivity index (χ2v) is 7.32. The van der Waals surface area contributed by atoms with Crippen LogP contribution in [0.25, 0.3) is 17.1 Å². The molecule has 2 aromatic carbocycles. The molecule has 0 bridgehead atoms. The van der Waals surface area contributed by atoms with Gasteiger partial charge < -0.3 is 5.32 Å². The van der Waals surface area contributed by atoms with Gasteiger partial charge in [0, 0.05) is 10.6 Å².